The van der Waals surface area contributed by atoms with Crippen LogP contribution in [0.25, 0.3) is 0 Å². The van der Waals surface area contributed by atoms with Crippen molar-refractivity contribution in [3.63, 3.8) is 0 Å². The number of phenols is 1. The summed E-state index contributed by atoms with van der Waals surface area (Å²) in [6, 6.07) is -1.67. The Morgan fingerprint density at radius 3 is 2.43 bits per heavy atom. The number of carbonyl (C=O) groups excluding carboxylic acids is 5. The molecule has 254 valence electrons. The number of carbonyl (C=O) groups is 5. The Kier molecular flexibility index (Phi) is 8.51. The van der Waals surface area contributed by atoms with Crippen LogP contribution in [0, 0.1) is 11.8 Å². The van der Waals surface area contributed by atoms with Crippen molar-refractivity contribution in [1.82, 2.24) is 10.2 Å². The zero-order valence-corrected chi connectivity index (χ0v) is 25.3. The van der Waals surface area contributed by atoms with Gasteiger partial charge in [-0.05, 0) is 38.1 Å². The Morgan fingerprint density at radius 2 is 1.83 bits per heavy atom. The lowest BCUT2D eigenvalue weighted by Gasteiger charge is -2.49. The normalized spacial score (nSPS) is 26.1. The molecule has 14 nitrogen and oxygen atoms in total. The van der Waals surface area contributed by atoms with Crippen molar-refractivity contribution in [1.29, 1.82) is 0 Å². The Balaban J connectivity index is 1.70. The van der Waals surface area contributed by atoms with Crippen molar-refractivity contribution in [3.05, 3.63) is 39.9 Å². The van der Waals surface area contributed by atoms with E-state index in [2.05, 4.69) is 10.1 Å². The molecule has 0 bridgehead atoms. The minimum Gasteiger partial charge on any atom is -0.510 e. The van der Waals surface area contributed by atoms with Gasteiger partial charge in [-0.15, -0.1) is 13.2 Å². The van der Waals surface area contributed by atoms with E-state index >= 15 is 0 Å². The topological polar surface area (TPSA) is 220 Å². The first-order valence-electron chi connectivity index (χ1n) is 15.0. The average Bonchev–Trinajstić information content (AvgIpc) is 3.26. The fraction of sp³-hybridized carbons (Fsp3) is 0.500. The fourth-order valence-electron chi connectivity index (χ4n) is 6.93. The molecular weight excluding hydrogens is 633 g/mol. The Labute approximate surface area is 265 Å². The number of Topliss-reactive ketones (excluding diaryl/α,β-unsaturated/α-hetero) is 2. The molecule has 4 aliphatic rings. The van der Waals surface area contributed by atoms with Crippen LogP contribution in [-0.2, 0) is 20.8 Å². The van der Waals surface area contributed by atoms with Crippen LogP contribution in [0.2, 0.25) is 0 Å². The van der Waals surface area contributed by atoms with Gasteiger partial charge in [-0.2, -0.15) is 0 Å². The van der Waals surface area contributed by atoms with Gasteiger partial charge in [-0.25, -0.2) is 9.69 Å². The number of phenolic OH excluding ortho intramolecular Hbond substituents is 1. The number of rotatable bonds is 9. The molecule has 0 unspecified atom stereocenters. The molecular formula is C30H33F3N4O10. The predicted octanol–water partition coefficient (Wildman–Crippen LogP) is 2.03. The van der Waals surface area contributed by atoms with E-state index in [4.69, 9.17) is 5.73 Å². The molecule has 1 heterocycles. The predicted molar refractivity (Wildman–Crippen MR) is 154 cm³/mol. The second-order valence-electron chi connectivity index (χ2n) is 11.9. The lowest BCUT2D eigenvalue weighted by atomic mass is 9.58. The number of benzene rings is 1. The monoisotopic (exact) mass is 666 g/mol. The van der Waals surface area contributed by atoms with Gasteiger partial charge in [0.05, 0.1) is 17.3 Å². The molecule has 0 spiro atoms. The number of ketones is 2. The maximum absolute atomic E-state index is 14.1. The molecule has 1 aromatic rings. The number of amides is 4. The van der Waals surface area contributed by atoms with E-state index in [0.717, 1.165) is 4.90 Å². The third kappa shape index (κ3) is 5.26. The van der Waals surface area contributed by atoms with Gasteiger partial charge < -0.3 is 41.1 Å². The largest absolute Gasteiger partial charge is 0.573 e. The number of nitrogens with one attached hydrogen (secondary N) is 1. The molecule has 47 heavy (non-hydrogen) atoms. The number of halogens is 3. The molecule has 4 amide bonds. The number of nitrogens with zero attached hydrogens (tertiary/aromatic N) is 2. The zero-order valence-electron chi connectivity index (χ0n) is 25.3. The van der Waals surface area contributed by atoms with Gasteiger partial charge in [0.25, 0.3) is 11.8 Å². The van der Waals surface area contributed by atoms with Gasteiger partial charge in [0.1, 0.15) is 29.4 Å². The maximum atomic E-state index is 14.1. The van der Waals surface area contributed by atoms with Gasteiger partial charge in [-0.3, -0.25) is 19.2 Å². The number of primary amides is 1. The van der Waals surface area contributed by atoms with Gasteiger partial charge in [0, 0.05) is 29.7 Å². The number of aromatic hydroxyl groups is 1. The number of urea groups is 1. The SMILES string of the molecule is CCCCN1CC(=O)N(c2cc(OC(F)(F)F)c3c(c2O)C(=O)C2=C(O)[C@]4(O)C(=O)C(C(N)=O)=C(O)[C@@H](NCCC)[C@@H]4C[C@@H]2C3)C1=O. The van der Waals surface area contributed by atoms with E-state index < -0.39 is 123 Å². The summed E-state index contributed by atoms with van der Waals surface area (Å²) in [6.45, 7) is 3.47. The zero-order chi connectivity index (χ0) is 34.7. The van der Waals surface area contributed by atoms with E-state index in [0.29, 0.717) is 30.2 Å². The maximum Gasteiger partial charge on any atom is 0.573 e. The van der Waals surface area contributed by atoms with Crippen molar-refractivity contribution in [3.8, 4) is 11.5 Å². The van der Waals surface area contributed by atoms with Crippen LogP contribution in [0.3, 0.4) is 0 Å². The summed E-state index contributed by atoms with van der Waals surface area (Å²) in [4.78, 5) is 67.4. The first-order valence-corrected chi connectivity index (χ1v) is 15.0. The molecule has 0 radical (unpaired) electrons. The number of aliphatic hydroxyl groups is 3. The summed E-state index contributed by atoms with van der Waals surface area (Å²) < 4.78 is 45.2. The van der Waals surface area contributed by atoms with E-state index in [1.165, 1.54) is 0 Å². The van der Waals surface area contributed by atoms with E-state index in [1.807, 2.05) is 6.92 Å². The second-order valence-corrected chi connectivity index (χ2v) is 11.9. The number of ether oxygens (including phenoxy) is 1. The number of alkyl halides is 3. The number of nitrogens with two attached hydrogens (primary N) is 1. The summed E-state index contributed by atoms with van der Waals surface area (Å²) in [5.41, 5.74) is -1.44. The molecule has 1 aliphatic heterocycles. The lowest BCUT2D eigenvalue weighted by Crippen LogP contribution is -2.64. The van der Waals surface area contributed by atoms with Crippen LogP contribution in [0.4, 0.5) is 23.7 Å². The molecule has 4 atom stereocenters. The fourth-order valence-corrected chi connectivity index (χ4v) is 6.93. The number of hydrogen-bond donors (Lipinski definition) is 6. The lowest BCUT2D eigenvalue weighted by molar-refractivity contribution is -0.275. The Hall–Kier alpha value is -4.64. The van der Waals surface area contributed by atoms with Crippen molar-refractivity contribution >= 4 is 35.1 Å². The first kappa shape index (κ1) is 33.7. The van der Waals surface area contributed by atoms with Crippen LogP contribution in [0.15, 0.2) is 28.7 Å². The molecule has 17 heteroatoms. The number of imide groups is 1. The smallest absolute Gasteiger partial charge is 0.510 e. The highest BCUT2D eigenvalue weighted by Gasteiger charge is 2.63. The number of hydrogen-bond acceptors (Lipinski definition) is 11. The standard InChI is InChI=1S/C30H33F3N4O10/c1-3-5-7-36-11-17(38)37(28(36)45)15-10-16(47-30(31,32)33)13-8-12-9-14-21(35-6-4-2)24(41)20(27(34)44)26(43)29(14,46)25(42)18(12)23(40)19(13)22(15)39/h10,12,14,21,35,39,41-42,46H,3-9,11H2,1-2H3,(H2,34,44)/t12-,14-,21-,29-/m0/s1. The van der Waals surface area contributed by atoms with Crippen molar-refractivity contribution in [2.24, 2.45) is 17.6 Å². The van der Waals surface area contributed by atoms with Crippen LogP contribution in [0.1, 0.15) is 55.5 Å². The average molecular weight is 667 g/mol. The third-order valence-corrected chi connectivity index (χ3v) is 9.04. The summed E-state index contributed by atoms with van der Waals surface area (Å²) in [7, 11) is 0. The van der Waals surface area contributed by atoms with Gasteiger partial charge >= 0.3 is 12.4 Å². The van der Waals surface area contributed by atoms with Crippen LogP contribution >= 0.6 is 0 Å². The minimum atomic E-state index is -5.32. The van der Waals surface area contributed by atoms with Gasteiger partial charge in [0.15, 0.2) is 17.1 Å². The molecule has 1 fully saturated rings. The Bertz CT molecular complexity index is 1650. The summed E-state index contributed by atoms with van der Waals surface area (Å²) >= 11 is 0. The highest BCUT2D eigenvalue weighted by molar-refractivity contribution is 6.25. The quantitative estimate of drug-likeness (QED) is 0.165. The van der Waals surface area contributed by atoms with Crippen LogP contribution < -0.4 is 20.7 Å². The molecule has 1 aromatic carbocycles. The van der Waals surface area contributed by atoms with Crippen molar-refractivity contribution < 1.29 is 62.3 Å². The molecule has 0 saturated carbocycles. The number of unbranched alkanes of at least 4 members (excludes halogenated alkanes) is 1. The molecule has 0 aromatic heterocycles. The van der Waals surface area contributed by atoms with Crippen molar-refractivity contribution in [2.75, 3.05) is 24.5 Å². The molecule has 5 rings (SSSR count). The third-order valence-electron chi connectivity index (χ3n) is 9.04. The first-order chi connectivity index (χ1) is 22.0. The Morgan fingerprint density at radius 1 is 1.15 bits per heavy atom. The number of allylic oxidation sites excluding steroid dienone is 1. The molecule has 1 saturated heterocycles. The molecule has 3 aliphatic carbocycles. The van der Waals surface area contributed by atoms with Crippen molar-refractivity contribution in [2.45, 2.75) is 64.0 Å². The summed E-state index contributed by atoms with van der Waals surface area (Å²) in [5, 5.41) is 48.3. The van der Waals surface area contributed by atoms with E-state index in [1.54, 1.807) is 6.92 Å². The van der Waals surface area contributed by atoms with Gasteiger partial charge in [-0.1, -0.05) is 20.3 Å². The minimum absolute atomic E-state index is 0.135. The van der Waals surface area contributed by atoms with Crippen LogP contribution in [0.5, 0.6) is 11.5 Å². The van der Waals surface area contributed by atoms with E-state index in [9.17, 15) is 57.6 Å². The summed E-state index contributed by atoms with van der Waals surface area (Å²) in [6.07, 6.45) is -4.58. The number of fused-ring (bicyclic) bond motifs is 3. The van der Waals surface area contributed by atoms with Gasteiger partial charge in [0.2, 0.25) is 5.78 Å². The van der Waals surface area contributed by atoms with Crippen LogP contribution in [-0.4, -0.2) is 92.4 Å². The second kappa shape index (κ2) is 11.9. The summed E-state index contributed by atoms with van der Waals surface area (Å²) in [5.74, 6) is -11.9. The highest BCUT2D eigenvalue weighted by Crippen LogP contribution is 2.54. The number of anilines is 1. The van der Waals surface area contributed by atoms with E-state index in [-0.39, 0.29) is 19.5 Å². The molecule has 7 N–H and O–H groups in total. The number of aliphatic hydroxyl groups excluding tert-OH is 2. The highest BCUT2D eigenvalue weighted by atomic mass is 19.4.